The zero-order chi connectivity index (χ0) is 10.1. The largest absolute Gasteiger partial charge is 0.465 e. The summed E-state index contributed by atoms with van der Waals surface area (Å²) in [5.74, 6) is -0.446. The smallest absolute Gasteiger partial charge is 0.339 e. The van der Waals surface area contributed by atoms with Crippen molar-refractivity contribution in [3.8, 4) is 0 Å². The molecule has 5 nitrogen and oxygen atoms in total. The first-order valence-corrected chi connectivity index (χ1v) is 4.18. The van der Waals surface area contributed by atoms with E-state index in [2.05, 4.69) is 19.9 Å². The predicted octanol–water partition coefficient (Wildman–Crippen LogP) is 1.40. The standard InChI is InChI=1S/C8H6ClN3O2/c1-14-8(13)4-2-5-6(10-3-4)7(9)12-11-5/h2-3H,1H3,(H,11,12). The SMILES string of the molecule is COC(=O)c1cnc2c(Cl)[nH]nc2c1. The molecule has 0 saturated heterocycles. The summed E-state index contributed by atoms with van der Waals surface area (Å²) in [6.07, 6.45) is 1.40. The number of carbonyl (C=O) groups excluding carboxylic acids is 1. The number of halogens is 1. The van der Waals surface area contributed by atoms with Crippen molar-refractivity contribution in [2.45, 2.75) is 0 Å². The topological polar surface area (TPSA) is 67.9 Å². The molecule has 0 saturated carbocycles. The van der Waals surface area contributed by atoms with Crippen LogP contribution in [0.15, 0.2) is 12.3 Å². The third kappa shape index (κ3) is 1.31. The van der Waals surface area contributed by atoms with Crippen molar-refractivity contribution in [3.05, 3.63) is 23.0 Å². The molecule has 0 atom stereocenters. The third-order valence-corrected chi connectivity index (χ3v) is 2.03. The van der Waals surface area contributed by atoms with Crippen molar-refractivity contribution in [1.82, 2.24) is 15.2 Å². The van der Waals surface area contributed by atoms with Crippen LogP contribution in [0.5, 0.6) is 0 Å². The molecule has 0 aromatic carbocycles. The first-order valence-electron chi connectivity index (χ1n) is 3.80. The van der Waals surface area contributed by atoms with E-state index >= 15 is 0 Å². The van der Waals surface area contributed by atoms with Gasteiger partial charge in [0.2, 0.25) is 0 Å². The first kappa shape index (κ1) is 8.96. The third-order valence-electron chi connectivity index (χ3n) is 1.77. The van der Waals surface area contributed by atoms with Crippen LogP contribution in [0, 0.1) is 0 Å². The molecule has 2 aromatic rings. The van der Waals surface area contributed by atoms with Gasteiger partial charge in [-0.1, -0.05) is 11.6 Å². The Labute approximate surface area is 84.0 Å². The van der Waals surface area contributed by atoms with Crippen LogP contribution in [0.4, 0.5) is 0 Å². The summed E-state index contributed by atoms with van der Waals surface area (Å²) in [4.78, 5) is 15.1. The van der Waals surface area contributed by atoms with Crippen molar-refractivity contribution in [2.24, 2.45) is 0 Å². The highest BCUT2D eigenvalue weighted by Crippen LogP contribution is 2.18. The second-order valence-corrected chi connectivity index (χ2v) is 3.00. The Kier molecular flexibility index (Phi) is 2.09. The maximum Gasteiger partial charge on any atom is 0.339 e. The van der Waals surface area contributed by atoms with Gasteiger partial charge in [-0.2, -0.15) is 5.10 Å². The zero-order valence-electron chi connectivity index (χ0n) is 7.24. The summed E-state index contributed by atoms with van der Waals surface area (Å²) in [5.41, 5.74) is 1.43. The minimum atomic E-state index is -0.446. The first-order chi connectivity index (χ1) is 6.72. The Balaban J connectivity index is 2.57. The van der Waals surface area contributed by atoms with Gasteiger partial charge in [-0.05, 0) is 6.07 Å². The molecule has 14 heavy (non-hydrogen) atoms. The molecular formula is C8H6ClN3O2. The normalized spacial score (nSPS) is 10.4. The van der Waals surface area contributed by atoms with Gasteiger partial charge in [-0.25, -0.2) is 4.79 Å². The Morgan fingerprint density at radius 2 is 2.43 bits per heavy atom. The lowest BCUT2D eigenvalue weighted by Gasteiger charge is -1.96. The molecule has 0 aliphatic heterocycles. The van der Waals surface area contributed by atoms with Crippen LogP contribution in [0.1, 0.15) is 10.4 Å². The lowest BCUT2D eigenvalue weighted by molar-refractivity contribution is 0.0600. The maximum absolute atomic E-state index is 11.1. The van der Waals surface area contributed by atoms with Crippen molar-refractivity contribution >= 4 is 28.6 Å². The number of ether oxygens (including phenoxy) is 1. The number of fused-ring (bicyclic) bond motifs is 1. The lowest BCUT2D eigenvalue weighted by atomic mass is 10.2. The van der Waals surface area contributed by atoms with Gasteiger partial charge in [0.1, 0.15) is 11.0 Å². The highest BCUT2D eigenvalue weighted by molar-refractivity contribution is 6.33. The number of esters is 1. The molecule has 2 rings (SSSR count). The number of pyridine rings is 1. The van der Waals surface area contributed by atoms with Crippen LogP contribution in [-0.4, -0.2) is 28.3 Å². The quantitative estimate of drug-likeness (QED) is 0.724. The fourth-order valence-electron chi connectivity index (χ4n) is 1.10. The molecule has 0 aliphatic carbocycles. The van der Waals surface area contributed by atoms with Crippen molar-refractivity contribution in [2.75, 3.05) is 7.11 Å². The van der Waals surface area contributed by atoms with E-state index in [1.807, 2.05) is 0 Å². The van der Waals surface area contributed by atoms with Gasteiger partial charge in [-0.15, -0.1) is 0 Å². The number of nitrogens with zero attached hydrogens (tertiary/aromatic N) is 2. The summed E-state index contributed by atoms with van der Waals surface area (Å²) in [6, 6.07) is 1.57. The number of aromatic nitrogens is 3. The summed E-state index contributed by atoms with van der Waals surface area (Å²) in [6.45, 7) is 0. The number of aromatic amines is 1. The fourth-order valence-corrected chi connectivity index (χ4v) is 1.29. The van der Waals surface area contributed by atoms with E-state index in [9.17, 15) is 4.79 Å². The number of H-pyrrole nitrogens is 1. The molecule has 0 aliphatic rings. The summed E-state index contributed by atoms with van der Waals surface area (Å²) >= 11 is 5.74. The van der Waals surface area contributed by atoms with Gasteiger partial charge in [0, 0.05) is 6.20 Å². The van der Waals surface area contributed by atoms with Crippen LogP contribution in [0.25, 0.3) is 11.0 Å². The Morgan fingerprint density at radius 1 is 1.64 bits per heavy atom. The molecule has 0 bridgehead atoms. The highest BCUT2D eigenvalue weighted by atomic mass is 35.5. The van der Waals surface area contributed by atoms with E-state index in [4.69, 9.17) is 11.6 Å². The molecule has 1 N–H and O–H groups in total. The molecule has 0 spiro atoms. The molecule has 0 amide bonds. The van der Waals surface area contributed by atoms with Crippen molar-refractivity contribution < 1.29 is 9.53 Å². The number of hydrogen-bond donors (Lipinski definition) is 1. The Hall–Kier alpha value is -1.62. The van der Waals surface area contributed by atoms with Crippen molar-refractivity contribution in [1.29, 1.82) is 0 Å². The van der Waals surface area contributed by atoms with Gasteiger partial charge in [0.15, 0.2) is 5.15 Å². The molecule has 0 unspecified atom stereocenters. The van der Waals surface area contributed by atoms with E-state index in [1.165, 1.54) is 13.3 Å². The van der Waals surface area contributed by atoms with Gasteiger partial charge in [0.25, 0.3) is 0 Å². The summed E-state index contributed by atoms with van der Waals surface area (Å²) < 4.78 is 4.54. The van der Waals surface area contributed by atoms with Crippen LogP contribution in [0.3, 0.4) is 0 Å². The second-order valence-electron chi connectivity index (χ2n) is 2.62. The summed E-state index contributed by atoms with van der Waals surface area (Å²) in [7, 11) is 1.31. The second kappa shape index (κ2) is 3.26. The summed E-state index contributed by atoms with van der Waals surface area (Å²) in [5, 5.41) is 6.79. The monoisotopic (exact) mass is 211 g/mol. The van der Waals surface area contributed by atoms with Gasteiger partial charge < -0.3 is 4.74 Å². The molecule has 0 radical (unpaired) electrons. The average molecular weight is 212 g/mol. The van der Waals surface area contributed by atoms with Gasteiger partial charge in [0.05, 0.1) is 12.7 Å². The Morgan fingerprint density at radius 3 is 3.14 bits per heavy atom. The van der Waals surface area contributed by atoms with E-state index in [-0.39, 0.29) is 0 Å². The average Bonchev–Trinajstić information content (AvgIpc) is 2.59. The van der Waals surface area contributed by atoms with E-state index in [1.54, 1.807) is 6.07 Å². The number of rotatable bonds is 1. The molecule has 72 valence electrons. The lowest BCUT2D eigenvalue weighted by Crippen LogP contribution is -2.01. The van der Waals surface area contributed by atoms with E-state index in [0.717, 1.165) is 0 Å². The maximum atomic E-state index is 11.1. The van der Waals surface area contributed by atoms with Crippen molar-refractivity contribution in [3.63, 3.8) is 0 Å². The number of nitrogens with one attached hydrogen (secondary N) is 1. The zero-order valence-corrected chi connectivity index (χ0v) is 8.00. The van der Waals surface area contributed by atoms with E-state index < -0.39 is 5.97 Å². The molecule has 2 aromatic heterocycles. The van der Waals surface area contributed by atoms with Crippen LogP contribution >= 0.6 is 11.6 Å². The molecule has 6 heteroatoms. The van der Waals surface area contributed by atoms with Gasteiger partial charge >= 0.3 is 5.97 Å². The minimum absolute atomic E-state index is 0.350. The predicted molar refractivity (Wildman–Crippen MR) is 50.2 cm³/mol. The molecule has 0 fully saturated rings. The minimum Gasteiger partial charge on any atom is -0.465 e. The molecular weight excluding hydrogens is 206 g/mol. The van der Waals surface area contributed by atoms with Crippen LogP contribution < -0.4 is 0 Å². The van der Waals surface area contributed by atoms with E-state index in [0.29, 0.717) is 21.7 Å². The molecule has 2 heterocycles. The number of hydrogen-bond acceptors (Lipinski definition) is 4. The Bertz CT molecular complexity index is 494. The van der Waals surface area contributed by atoms with Crippen LogP contribution in [0.2, 0.25) is 5.15 Å². The fraction of sp³-hybridized carbons (Fsp3) is 0.125. The number of methoxy groups -OCH3 is 1. The van der Waals surface area contributed by atoms with Gasteiger partial charge in [-0.3, -0.25) is 10.1 Å². The number of carbonyl (C=O) groups is 1. The van der Waals surface area contributed by atoms with Crippen LogP contribution in [-0.2, 0) is 4.74 Å². The highest BCUT2D eigenvalue weighted by Gasteiger charge is 2.10.